The van der Waals surface area contributed by atoms with Crippen LogP contribution < -0.4 is 5.32 Å². The van der Waals surface area contributed by atoms with Crippen molar-refractivity contribution in [3.05, 3.63) is 0 Å². The summed E-state index contributed by atoms with van der Waals surface area (Å²) in [5.74, 6) is 0. The molecule has 0 fully saturated rings. The monoisotopic (exact) mass is 228 g/mol. The van der Waals surface area contributed by atoms with Gasteiger partial charge in [-0.05, 0) is 38.8 Å². The molecule has 0 aliphatic rings. The highest BCUT2D eigenvalue weighted by atomic mass is 15.1. The topological polar surface area (TPSA) is 15.3 Å². The van der Waals surface area contributed by atoms with E-state index < -0.39 is 0 Å². The molecule has 16 heavy (non-hydrogen) atoms. The minimum atomic E-state index is 0.417. The van der Waals surface area contributed by atoms with Gasteiger partial charge in [0.2, 0.25) is 0 Å². The molecule has 0 rings (SSSR count). The van der Waals surface area contributed by atoms with Crippen molar-refractivity contribution >= 4 is 0 Å². The average molecular weight is 228 g/mol. The highest BCUT2D eigenvalue weighted by molar-refractivity contribution is 4.81. The summed E-state index contributed by atoms with van der Waals surface area (Å²) in [4.78, 5) is 2.55. The summed E-state index contributed by atoms with van der Waals surface area (Å²) in [6.07, 6.45) is 5.09. The summed E-state index contributed by atoms with van der Waals surface area (Å²) < 4.78 is 0. The molecule has 0 radical (unpaired) electrons. The van der Waals surface area contributed by atoms with Crippen LogP contribution in [0.5, 0.6) is 0 Å². The first-order chi connectivity index (χ1) is 7.52. The van der Waals surface area contributed by atoms with Gasteiger partial charge in [0.05, 0.1) is 0 Å². The second-order valence-electron chi connectivity index (χ2n) is 5.48. The second kappa shape index (κ2) is 8.08. The lowest BCUT2D eigenvalue weighted by Gasteiger charge is -2.37. The van der Waals surface area contributed by atoms with Gasteiger partial charge < -0.3 is 10.2 Å². The average Bonchev–Trinajstić information content (AvgIpc) is 2.19. The van der Waals surface area contributed by atoms with E-state index in [-0.39, 0.29) is 0 Å². The number of nitrogens with one attached hydrogen (secondary N) is 1. The molecule has 0 aromatic heterocycles. The van der Waals surface area contributed by atoms with E-state index >= 15 is 0 Å². The maximum Gasteiger partial charge on any atom is 0.00872 e. The first-order valence-electron chi connectivity index (χ1n) is 6.87. The van der Waals surface area contributed by atoms with Gasteiger partial charge in [0.25, 0.3) is 0 Å². The summed E-state index contributed by atoms with van der Waals surface area (Å²) in [6.45, 7) is 11.6. The molecule has 0 aromatic rings. The van der Waals surface area contributed by atoms with E-state index in [2.05, 4.69) is 52.0 Å². The van der Waals surface area contributed by atoms with Crippen LogP contribution in [0, 0.1) is 5.41 Å². The normalized spacial score (nSPS) is 15.8. The molecule has 0 aliphatic heterocycles. The molecule has 2 nitrogen and oxygen atoms in total. The highest BCUT2D eigenvalue weighted by Crippen LogP contribution is 2.25. The summed E-state index contributed by atoms with van der Waals surface area (Å²) >= 11 is 0. The van der Waals surface area contributed by atoms with E-state index in [9.17, 15) is 0 Å². The van der Waals surface area contributed by atoms with Crippen molar-refractivity contribution in [3.63, 3.8) is 0 Å². The van der Waals surface area contributed by atoms with Gasteiger partial charge in [0.15, 0.2) is 0 Å². The number of hydrogen-bond acceptors (Lipinski definition) is 2. The first-order valence-corrected chi connectivity index (χ1v) is 6.87. The van der Waals surface area contributed by atoms with E-state index in [4.69, 9.17) is 0 Å². The Morgan fingerprint density at radius 1 is 1.19 bits per heavy atom. The Morgan fingerprint density at radius 3 is 2.12 bits per heavy atom. The van der Waals surface area contributed by atoms with Gasteiger partial charge in [-0.2, -0.15) is 0 Å². The van der Waals surface area contributed by atoms with E-state index in [0.29, 0.717) is 5.41 Å². The minimum absolute atomic E-state index is 0.417. The molecule has 2 heteroatoms. The van der Waals surface area contributed by atoms with Crippen LogP contribution in [-0.2, 0) is 0 Å². The Kier molecular flexibility index (Phi) is 8.04. The van der Waals surface area contributed by atoms with Crippen LogP contribution in [0.3, 0.4) is 0 Å². The third-order valence-corrected chi connectivity index (χ3v) is 3.65. The van der Waals surface area contributed by atoms with Gasteiger partial charge >= 0.3 is 0 Å². The van der Waals surface area contributed by atoms with Crippen LogP contribution in [0.15, 0.2) is 0 Å². The fraction of sp³-hybridized carbons (Fsp3) is 1.00. The van der Waals surface area contributed by atoms with E-state index in [1.807, 2.05) is 0 Å². The summed E-state index contributed by atoms with van der Waals surface area (Å²) in [5, 5.41) is 3.35. The lowest BCUT2D eigenvalue weighted by molar-refractivity contribution is 0.132. The molecule has 0 aromatic carbocycles. The summed E-state index contributed by atoms with van der Waals surface area (Å²) in [7, 11) is 4.34. The minimum Gasteiger partial charge on any atom is -0.319 e. The zero-order valence-corrected chi connectivity index (χ0v) is 12.3. The van der Waals surface area contributed by atoms with Crippen LogP contribution in [0.4, 0.5) is 0 Å². The van der Waals surface area contributed by atoms with Gasteiger partial charge in [-0.1, -0.05) is 34.1 Å². The zero-order chi connectivity index (χ0) is 12.6. The Hall–Kier alpha value is -0.0800. The molecule has 0 aliphatic carbocycles. The van der Waals surface area contributed by atoms with Crippen molar-refractivity contribution in [3.8, 4) is 0 Å². The Labute approximate surface area is 103 Å². The largest absolute Gasteiger partial charge is 0.319 e. The summed E-state index contributed by atoms with van der Waals surface area (Å²) in [6, 6.07) is 0.744. The van der Waals surface area contributed by atoms with E-state index in [1.54, 1.807) is 0 Å². The van der Waals surface area contributed by atoms with Crippen molar-refractivity contribution in [1.29, 1.82) is 0 Å². The molecule has 1 unspecified atom stereocenters. The van der Waals surface area contributed by atoms with Crippen molar-refractivity contribution in [2.45, 2.75) is 59.4 Å². The van der Waals surface area contributed by atoms with Crippen LogP contribution in [0.25, 0.3) is 0 Å². The maximum absolute atomic E-state index is 3.35. The zero-order valence-electron chi connectivity index (χ0n) is 12.3. The van der Waals surface area contributed by atoms with Crippen molar-refractivity contribution in [1.82, 2.24) is 10.2 Å². The Balaban J connectivity index is 4.36. The smallest absolute Gasteiger partial charge is 0.00872 e. The van der Waals surface area contributed by atoms with Gasteiger partial charge in [0, 0.05) is 19.1 Å². The lowest BCUT2D eigenvalue weighted by atomic mass is 9.84. The van der Waals surface area contributed by atoms with Crippen molar-refractivity contribution in [2.75, 3.05) is 27.2 Å². The molecule has 0 saturated carbocycles. The Morgan fingerprint density at radius 2 is 1.75 bits per heavy atom. The molecule has 0 saturated heterocycles. The number of nitrogens with zero attached hydrogens (tertiary/aromatic N) is 1. The molecule has 0 spiro atoms. The fourth-order valence-corrected chi connectivity index (χ4v) is 2.90. The number of rotatable bonds is 9. The molecule has 0 bridgehead atoms. The van der Waals surface area contributed by atoms with Crippen LogP contribution in [0.1, 0.15) is 53.4 Å². The van der Waals surface area contributed by atoms with Gasteiger partial charge in [-0.3, -0.25) is 0 Å². The van der Waals surface area contributed by atoms with Crippen molar-refractivity contribution in [2.24, 2.45) is 5.41 Å². The summed E-state index contributed by atoms with van der Waals surface area (Å²) in [5.41, 5.74) is 0.417. The fourth-order valence-electron chi connectivity index (χ4n) is 2.90. The molecule has 0 heterocycles. The predicted octanol–water partition coefficient (Wildman–Crippen LogP) is 3.13. The van der Waals surface area contributed by atoms with Crippen molar-refractivity contribution < 1.29 is 0 Å². The van der Waals surface area contributed by atoms with Gasteiger partial charge in [-0.15, -0.1) is 0 Å². The van der Waals surface area contributed by atoms with Gasteiger partial charge in [-0.25, -0.2) is 0 Å². The quantitative estimate of drug-likeness (QED) is 0.652. The molecule has 0 amide bonds. The van der Waals surface area contributed by atoms with E-state index in [0.717, 1.165) is 12.6 Å². The second-order valence-corrected chi connectivity index (χ2v) is 5.48. The standard InChI is InChI=1S/C14H32N2/c1-7-10-14(4,11-15-5)12-16(6)13(8-2)9-3/h13,15H,7-12H2,1-6H3. The highest BCUT2D eigenvalue weighted by Gasteiger charge is 2.26. The Bertz CT molecular complexity index is 158. The molecule has 1 atom stereocenters. The van der Waals surface area contributed by atoms with Crippen LogP contribution in [-0.4, -0.2) is 38.1 Å². The lowest BCUT2D eigenvalue weighted by Crippen LogP contribution is -2.43. The third-order valence-electron chi connectivity index (χ3n) is 3.65. The first kappa shape index (κ1) is 15.9. The maximum atomic E-state index is 3.35. The number of hydrogen-bond donors (Lipinski definition) is 1. The molecule has 1 N–H and O–H groups in total. The molecule has 98 valence electrons. The van der Waals surface area contributed by atoms with Crippen LogP contribution >= 0.6 is 0 Å². The molecular weight excluding hydrogens is 196 g/mol. The molecular formula is C14H32N2. The predicted molar refractivity (Wildman–Crippen MR) is 73.9 cm³/mol. The van der Waals surface area contributed by atoms with Crippen LogP contribution in [0.2, 0.25) is 0 Å². The SMILES string of the molecule is CCCC(C)(CNC)CN(C)C(CC)CC. The third kappa shape index (κ3) is 5.31. The van der Waals surface area contributed by atoms with E-state index in [1.165, 1.54) is 32.2 Å². The van der Waals surface area contributed by atoms with Gasteiger partial charge in [0.1, 0.15) is 0 Å².